The number of piperazine rings is 2. The molecule has 0 spiro atoms. The molecule has 5 atom stereocenters. The van der Waals surface area contributed by atoms with E-state index in [0.29, 0.717) is 58.8 Å². The van der Waals surface area contributed by atoms with Crippen LogP contribution >= 0.6 is 0 Å². The van der Waals surface area contributed by atoms with Gasteiger partial charge in [0.15, 0.2) is 5.72 Å². The lowest BCUT2D eigenvalue weighted by atomic mass is 9.90. The van der Waals surface area contributed by atoms with Crippen molar-refractivity contribution < 1.29 is 23.5 Å². The van der Waals surface area contributed by atoms with Crippen molar-refractivity contribution >= 4 is 28.7 Å². The fourth-order valence-corrected chi connectivity index (χ4v) is 11.5. The normalized spacial score (nSPS) is 27.2. The number of hydrogen-bond donors (Lipinski definition) is 2. The zero-order valence-electron chi connectivity index (χ0n) is 37.7. The van der Waals surface area contributed by atoms with E-state index >= 15 is 4.39 Å². The number of amides is 2. The third-order valence-corrected chi connectivity index (χ3v) is 15.0. The number of carbonyl (C=O) groups excluding carboxylic acids is 2. The number of hydrogen-bond acceptors (Lipinski definition) is 15. The lowest BCUT2D eigenvalue weighted by molar-refractivity contribution is -0.133. The number of piperidine rings is 1. The highest BCUT2D eigenvalue weighted by Gasteiger charge is 2.74. The summed E-state index contributed by atoms with van der Waals surface area (Å²) in [4.78, 5) is 47.9. The number of benzene rings is 1. The standard InChI is InChI=1S/C49H51FN14O4/c1-67-45-13-2-30(20-53-45)24-59-26-37-29-68-49(43(28-59)64(37)49)42-11-3-31(21-52-42)46-47-32(19-51)22-55-63(47)27-40(57-46)33-23-54-62(25-33)36-7-5-35(6-8-36)60-14-16-61(17-15-60)41-10-4-34(18-38(41)50)56-39-9-12-44(65)58-48(39)66/h2-4,10-11,13,18,20-23,25,27,35-37,39,43,56H,5-9,12,14-17,24,26,28-29H2,1H3,(H,58,65,66)/t35?,36?,37-,39?,43+,49?,64?/m1/s1. The van der Waals surface area contributed by atoms with Crippen LogP contribution in [0.25, 0.3) is 28.0 Å². The molecule has 18 nitrogen and oxygen atoms in total. The van der Waals surface area contributed by atoms with Crippen molar-refractivity contribution in [3.05, 3.63) is 102 Å². The van der Waals surface area contributed by atoms with Crippen LogP contribution in [0.3, 0.4) is 0 Å². The molecule has 6 aliphatic rings. The van der Waals surface area contributed by atoms with Crippen LogP contribution in [0.15, 0.2) is 79.6 Å². The summed E-state index contributed by atoms with van der Waals surface area (Å²) < 4.78 is 31.0. The zero-order chi connectivity index (χ0) is 46.1. The van der Waals surface area contributed by atoms with Gasteiger partial charge in [0.25, 0.3) is 0 Å². The number of ether oxygens (including phenoxy) is 2. The van der Waals surface area contributed by atoms with Gasteiger partial charge in [-0.05, 0) is 68.0 Å². The van der Waals surface area contributed by atoms with Crippen molar-refractivity contribution in [3.8, 4) is 34.5 Å². The van der Waals surface area contributed by atoms with Crippen molar-refractivity contribution in [2.24, 2.45) is 0 Å². The van der Waals surface area contributed by atoms with Crippen molar-refractivity contribution in [2.45, 2.75) is 81.0 Å². The molecule has 1 aliphatic carbocycles. The van der Waals surface area contributed by atoms with Crippen LogP contribution in [0.5, 0.6) is 5.88 Å². The highest BCUT2D eigenvalue weighted by Crippen LogP contribution is 2.58. The number of nitrogens with zero attached hydrogens (tertiary/aromatic N) is 12. The molecule has 2 N–H and O–H groups in total. The summed E-state index contributed by atoms with van der Waals surface area (Å²) in [6.07, 6.45) is 15.8. The molecule has 5 aliphatic heterocycles. The van der Waals surface area contributed by atoms with Crippen LogP contribution in [0.4, 0.5) is 15.8 Å². The van der Waals surface area contributed by atoms with E-state index in [0.717, 1.165) is 93.9 Å². The maximum absolute atomic E-state index is 15.4. The Morgan fingerprint density at radius 1 is 0.912 bits per heavy atom. The Morgan fingerprint density at radius 3 is 2.51 bits per heavy atom. The highest BCUT2D eigenvalue weighted by atomic mass is 19.1. The Morgan fingerprint density at radius 2 is 1.76 bits per heavy atom. The SMILES string of the molecule is COc1ccc(CN2C[C@@H]3COC4(c5ccc(-c6nc(-c7cnn(C8CCC(N9CCN(c%10ccc(NC%11CCC(=O)NC%11=O)cc%10F)CC9)CC8)c7)cn7ncc(C#N)c67)cn5)[C@H](C2)N34)cn1. The van der Waals surface area contributed by atoms with Gasteiger partial charge in [-0.25, -0.2) is 18.9 Å². The average molecular weight is 919 g/mol. The van der Waals surface area contributed by atoms with Crippen molar-refractivity contribution in [3.63, 3.8) is 0 Å². The Labute approximate surface area is 391 Å². The molecule has 5 aromatic heterocycles. The number of pyridine rings is 2. The van der Waals surface area contributed by atoms with E-state index in [4.69, 9.17) is 24.5 Å². The summed E-state index contributed by atoms with van der Waals surface area (Å²) in [5, 5.41) is 24.9. The van der Waals surface area contributed by atoms with E-state index in [2.05, 4.69) is 63.3 Å². The fraction of sp³-hybridized carbons (Fsp3) is 0.429. The van der Waals surface area contributed by atoms with Crippen molar-refractivity contribution in [1.82, 2.24) is 54.4 Å². The largest absolute Gasteiger partial charge is 0.481 e. The van der Waals surface area contributed by atoms with Gasteiger partial charge >= 0.3 is 0 Å². The molecule has 0 radical (unpaired) electrons. The monoisotopic (exact) mass is 918 g/mol. The number of anilines is 2. The Hall–Kier alpha value is -6.85. The van der Waals surface area contributed by atoms with Gasteiger partial charge in [0.1, 0.15) is 29.0 Å². The minimum atomic E-state index is -0.561. The molecule has 1 saturated carbocycles. The summed E-state index contributed by atoms with van der Waals surface area (Å²) in [6, 6.07) is 16.0. The number of nitrogens with one attached hydrogen (secondary N) is 2. The molecule has 3 unspecified atom stereocenters. The summed E-state index contributed by atoms with van der Waals surface area (Å²) >= 11 is 0. The smallest absolute Gasteiger partial charge is 0.249 e. The first-order chi connectivity index (χ1) is 33.2. The second kappa shape index (κ2) is 17.0. The number of halogens is 1. The zero-order valence-corrected chi connectivity index (χ0v) is 37.7. The van der Waals surface area contributed by atoms with E-state index in [1.165, 1.54) is 6.07 Å². The van der Waals surface area contributed by atoms with Gasteiger partial charge in [-0.15, -0.1) is 0 Å². The molecule has 10 heterocycles. The maximum atomic E-state index is 15.4. The molecule has 6 aromatic rings. The summed E-state index contributed by atoms with van der Waals surface area (Å²) in [5.41, 5.74) is 6.60. The van der Waals surface area contributed by atoms with E-state index in [1.54, 1.807) is 30.0 Å². The fourth-order valence-electron chi connectivity index (χ4n) is 11.5. The molecule has 5 saturated heterocycles. The Balaban J connectivity index is 0.686. The van der Waals surface area contributed by atoms with Crippen molar-refractivity contribution in [2.75, 3.05) is 63.2 Å². The van der Waals surface area contributed by atoms with E-state index < -0.39 is 11.8 Å². The third kappa shape index (κ3) is 7.51. The van der Waals surface area contributed by atoms with Gasteiger partial charge in [-0.3, -0.25) is 39.3 Å². The maximum Gasteiger partial charge on any atom is 0.249 e. The van der Waals surface area contributed by atoms with Gasteiger partial charge in [-0.2, -0.15) is 15.5 Å². The summed E-state index contributed by atoms with van der Waals surface area (Å²) in [6.45, 7) is 6.38. The number of rotatable bonds is 11. The second-order valence-electron chi connectivity index (χ2n) is 18.9. The van der Waals surface area contributed by atoms with E-state index in [1.807, 2.05) is 43.0 Å². The quantitative estimate of drug-likeness (QED) is 0.138. The highest BCUT2D eigenvalue weighted by molar-refractivity contribution is 6.01. The molecule has 2 amide bonds. The number of carbonyl (C=O) groups is 2. The molecule has 348 valence electrons. The third-order valence-electron chi connectivity index (χ3n) is 15.0. The van der Waals surface area contributed by atoms with Crippen molar-refractivity contribution in [1.29, 1.82) is 5.26 Å². The predicted molar refractivity (Wildman–Crippen MR) is 247 cm³/mol. The number of imide groups is 1. The predicted octanol–water partition coefficient (Wildman–Crippen LogP) is 4.34. The Kier molecular flexibility index (Phi) is 10.6. The van der Waals surface area contributed by atoms with Crippen LogP contribution in [-0.4, -0.2) is 138 Å². The summed E-state index contributed by atoms with van der Waals surface area (Å²) in [7, 11) is 1.63. The first kappa shape index (κ1) is 42.5. The number of morpholine rings is 1. The number of fused-ring (bicyclic) bond motifs is 2. The number of nitriles is 1. The molecular formula is C49H51FN14O4. The molecule has 6 fully saturated rings. The van der Waals surface area contributed by atoms with Gasteiger partial charge in [0.05, 0.1) is 67.2 Å². The lowest BCUT2D eigenvalue weighted by Crippen LogP contribution is -2.51. The van der Waals surface area contributed by atoms with Gasteiger partial charge < -0.3 is 19.7 Å². The van der Waals surface area contributed by atoms with Crippen LogP contribution in [0.1, 0.15) is 61.4 Å². The molecule has 0 bridgehead atoms. The van der Waals surface area contributed by atoms with Gasteiger partial charge in [-0.1, -0.05) is 6.07 Å². The lowest BCUT2D eigenvalue weighted by Gasteiger charge is -2.42. The van der Waals surface area contributed by atoms with E-state index in [9.17, 15) is 14.9 Å². The average Bonchev–Trinajstić information content (AvgIpc) is 3.79. The number of methoxy groups -OCH3 is 1. The minimum absolute atomic E-state index is 0.207. The topological polar surface area (TPSA) is 187 Å². The minimum Gasteiger partial charge on any atom is -0.481 e. The molecule has 19 heteroatoms. The van der Waals surface area contributed by atoms with Gasteiger partial charge in [0.2, 0.25) is 17.7 Å². The first-order valence-electron chi connectivity index (χ1n) is 23.6. The van der Waals surface area contributed by atoms with Crippen LogP contribution in [0, 0.1) is 17.1 Å². The van der Waals surface area contributed by atoms with E-state index in [-0.39, 0.29) is 42.2 Å². The van der Waals surface area contributed by atoms with Crippen LogP contribution < -0.4 is 20.3 Å². The van der Waals surface area contributed by atoms with Crippen LogP contribution in [-0.2, 0) is 26.6 Å². The molecular weight excluding hydrogens is 868 g/mol. The Bertz CT molecular complexity index is 2940. The summed E-state index contributed by atoms with van der Waals surface area (Å²) in [5.74, 6) is -0.382. The molecule has 1 aromatic carbocycles. The second-order valence-corrected chi connectivity index (χ2v) is 18.9. The number of aromatic nitrogens is 7. The van der Waals surface area contributed by atoms with Crippen LogP contribution in [0.2, 0.25) is 0 Å². The molecule has 68 heavy (non-hydrogen) atoms. The molecule has 12 rings (SSSR count). The first-order valence-corrected chi connectivity index (χ1v) is 23.6. The van der Waals surface area contributed by atoms with Gasteiger partial charge in [0, 0.05) is 106 Å².